The topological polar surface area (TPSA) is 30.8 Å². The fourth-order valence-electron chi connectivity index (χ4n) is 1.33. The average molecular weight is 307 g/mol. The number of benzene rings is 1. The Morgan fingerprint density at radius 2 is 1.85 bits per heavy atom. The number of halogens is 3. The summed E-state index contributed by atoms with van der Waals surface area (Å²) in [6, 6.07) is 5.56. The van der Waals surface area contributed by atoms with Gasteiger partial charge in [0, 0.05) is 11.3 Å². The lowest BCUT2D eigenvalue weighted by atomic mass is 10.1. The predicted octanol–water partition coefficient (Wildman–Crippen LogP) is 4.43. The van der Waals surface area contributed by atoms with Crippen LogP contribution in [0.3, 0.4) is 0 Å². The van der Waals surface area contributed by atoms with Gasteiger partial charge in [-0.1, -0.05) is 12.1 Å². The van der Waals surface area contributed by atoms with E-state index in [1.165, 1.54) is 24.3 Å². The number of ether oxygens (including phenoxy) is 1. The van der Waals surface area contributed by atoms with Crippen molar-refractivity contribution in [3.05, 3.63) is 29.8 Å². The highest BCUT2D eigenvalue weighted by Gasteiger charge is 2.38. The Bertz CT molecular complexity index is 432. The first-order chi connectivity index (χ1) is 9.49. The summed E-state index contributed by atoms with van der Waals surface area (Å²) in [4.78, 5) is 0. The van der Waals surface area contributed by atoms with Crippen LogP contribution in [-0.2, 0) is 4.28 Å². The maximum absolute atomic E-state index is 12.9. The number of nitrogens with zero attached hydrogens (tertiary/aromatic N) is 1. The molecule has 0 fully saturated rings. The number of hydrogen-bond acceptors (Lipinski definition) is 4. The van der Waals surface area contributed by atoms with E-state index in [9.17, 15) is 13.2 Å². The van der Waals surface area contributed by atoms with Crippen molar-refractivity contribution in [2.45, 2.75) is 26.4 Å². The van der Waals surface area contributed by atoms with Crippen LogP contribution in [0.1, 0.15) is 25.8 Å². The van der Waals surface area contributed by atoms with Gasteiger partial charge in [-0.2, -0.15) is 13.2 Å². The van der Waals surface area contributed by atoms with Gasteiger partial charge in [0.05, 0.1) is 18.6 Å². The zero-order valence-electron chi connectivity index (χ0n) is 11.2. The van der Waals surface area contributed by atoms with Crippen LogP contribution in [0.2, 0.25) is 0 Å². The van der Waals surface area contributed by atoms with Crippen molar-refractivity contribution in [3.63, 3.8) is 0 Å². The van der Waals surface area contributed by atoms with E-state index in [-0.39, 0.29) is 5.56 Å². The normalized spacial score (nSPS) is 12.3. The van der Waals surface area contributed by atoms with Gasteiger partial charge in [-0.05, 0) is 37.6 Å². The van der Waals surface area contributed by atoms with E-state index in [1.807, 2.05) is 6.92 Å². The molecule has 0 aliphatic carbocycles. The van der Waals surface area contributed by atoms with Crippen molar-refractivity contribution in [2.24, 2.45) is 5.16 Å². The third kappa shape index (κ3) is 5.32. The molecule has 0 aromatic heterocycles. The van der Waals surface area contributed by atoms with E-state index in [2.05, 4.69) is 9.44 Å². The molecule has 0 saturated carbocycles. The Labute approximate surface area is 120 Å². The van der Waals surface area contributed by atoms with Gasteiger partial charge >= 0.3 is 6.18 Å². The lowest BCUT2D eigenvalue weighted by molar-refractivity contribution is -0.0596. The first-order valence-electron chi connectivity index (χ1n) is 6.16. The van der Waals surface area contributed by atoms with Crippen molar-refractivity contribution in [1.82, 2.24) is 0 Å². The minimum Gasteiger partial charge on any atom is -0.494 e. The van der Waals surface area contributed by atoms with Crippen molar-refractivity contribution in [3.8, 4) is 5.75 Å². The lowest BCUT2D eigenvalue weighted by Gasteiger charge is -2.10. The molecule has 1 aromatic rings. The van der Waals surface area contributed by atoms with Crippen molar-refractivity contribution in [2.75, 3.05) is 12.4 Å². The van der Waals surface area contributed by atoms with E-state index in [1.54, 1.807) is 6.92 Å². The highest BCUT2D eigenvalue weighted by molar-refractivity contribution is 7.94. The molecule has 0 N–H and O–H groups in total. The van der Waals surface area contributed by atoms with Crippen LogP contribution < -0.4 is 4.74 Å². The van der Waals surface area contributed by atoms with Crippen LogP contribution >= 0.6 is 12.0 Å². The summed E-state index contributed by atoms with van der Waals surface area (Å²) in [7, 11) is 0. The first kappa shape index (κ1) is 16.7. The van der Waals surface area contributed by atoms with E-state index < -0.39 is 11.9 Å². The van der Waals surface area contributed by atoms with Crippen molar-refractivity contribution in [1.29, 1.82) is 0 Å². The van der Waals surface area contributed by atoms with Crippen LogP contribution in [0.4, 0.5) is 13.2 Å². The molecule has 0 saturated heterocycles. The van der Waals surface area contributed by atoms with Crippen LogP contribution in [0.15, 0.2) is 29.4 Å². The Kier molecular flexibility index (Phi) is 6.70. The van der Waals surface area contributed by atoms with Gasteiger partial charge < -0.3 is 9.02 Å². The minimum absolute atomic E-state index is 0.0574. The second kappa shape index (κ2) is 8.04. The monoisotopic (exact) mass is 307 g/mol. The minimum atomic E-state index is -4.57. The summed E-state index contributed by atoms with van der Waals surface area (Å²) in [6.07, 6.45) is -3.77. The second-order valence-corrected chi connectivity index (χ2v) is 4.58. The van der Waals surface area contributed by atoms with E-state index in [0.29, 0.717) is 18.1 Å². The molecule has 0 amide bonds. The molecule has 20 heavy (non-hydrogen) atoms. The smallest absolute Gasteiger partial charge is 0.437 e. The van der Waals surface area contributed by atoms with E-state index in [0.717, 1.165) is 18.5 Å². The SMILES string of the molecule is CCCSO/N=C(/c1ccc(OCC)cc1)C(F)(F)F. The van der Waals surface area contributed by atoms with Gasteiger partial charge in [-0.15, -0.1) is 0 Å². The first-order valence-corrected chi connectivity index (χ1v) is 7.07. The molecule has 1 rings (SSSR count). The summed E-state index contributed by atoms with van der Waals surface area (Å²) >= 11 is 0.891. The molecule has 7 heteroatoms. The molecule has 0 aliphatic heterocycles. The molecule has 0 radical (unpaired) electrons. The Morgan fingerprint density at radius 1 is 1.20 bits per heavy atom. The fraction of sp³-hybridized carbons (Fsp3) is 0.462. The van der Waals surface area contributed by atoms with Crippen molar-refractivity contribution >= 4 is 17.8 Å². The molecular weight excluding hydrogens is 291 g/mol. The highest BCUT2D eigenvalue weighted by Crippen LogP contribution is 2.25. The number of oxime groups is 1. The molecule has 112 valence electrons. The summed E-state index contributed by atoms with van der Waals surface area (Å²) in [5.41, 5.74) is -1.11. The number of alkyl halides is 3. The third-order valence-electron chi connectivity index (χ3n) is 2.18. The maximum atomic E-state index is 12.9. The maximum Gasteiger partial charge on any atom is 0.437 e. The summed E-state index contributed by atoms with van der Waals surface area (Å²) in [6.45, 7) is 4.16. The Balaban J connectivity index is 2.87. The molecule has 0 unspecified atom stereocenters. The standard InChI is InChI=1S/C13H16F3NO2S/c1-3-9-20-19-17-12(13(14,15)16)10-5-7-11(8-6-10)18-4-2/h5-8H,3-4,9H2,1-2H3/b17-12-. The molecule has 0 spiro atoms. The molecule has 0 bridgehead atoms. The average Bonchev–Trinajstić information content (AvgIpc) is 2.39. The van der Waals surface area contributed by atoms with Crippen molar-refractivity contribution < 1.29 is 22.2 Å². The fourth-order valence-corrected chi connectivity index (χ4v) is 1.70. The molecule has 0 atom stereocenters. The largest absolute Gasteiger partial charge is 0.494 e. The van der Waals surface area contributed by atoms with E-state index in [4.69, 9.17) is 4.74 Å². The van der Waals surface area contributed by atoms with Crippen LogP contribution in [0, 0.1) is 0 Å². The summed E-state index contributed by atoms with van der Waals surface area (Å²) < 4.78 is 48.6. The molecule has 3 nitrogen and oxygen atoms in total. The third-order valence-corrected chi connectivity index (χ3v) is 2.93. The summed E-state index contributed by atoms with van der Waals surface area (Å²) in [5, 5.41) is 3.19. The quantitative estimate of drug-likeness (QED) is 0.323. The Hall–Kier alpha value is -1.37. The molecule has 0 heterocycles. The Morgan fingerprint density at radius 3 is 2.35 bits per heavy atom. The van der Waals surface area contributed by atoms with Crippen LogP contribution in [-0.4, -0.2) is 24.2 Å². The van der Waals surface area contributed by atoms with Crippen LogP contribution in [0.25, 0.3) is 0 Å². The van der Waals surface area contributed by atoms with Crippen LogP contribution in [0.5, 0.6) is 5.75 Å². The molecular formula is C13H16F3NO2S. The van der Waals surface area contributed by atoms with Gasteiger partial charge in [0.15, 0.2) is 5.71 Å². The zero-order chi connectivity index (χ0) is 15.0. The molecule has 1 aromatic carbocycles. The number of hydrogen-bond donors (Lipinski definition) is 0. The van der Waals surface area contributed by atoms with Gasteiger partial charge in [-0.25, -0.2) is 0 Å². The zero-order valence-corrected chi connectivity index (χ0v) is 12.1. The molecule has 0 aliphatic rings. The second-order valence-electron chi connectivity index (χ2n) is 3.79. The summed E-state index contributed by atoms with van der Waals surface area (Å²) in [5.74, 6) is 1.09. The predicted molar refractivity (Wildman–Crippen MR) is 74.0 cm³/mol. The van der Waals surface area contributed by atoms with Gasteiger partial charge in [-0.3, -0.25) is 0 Å². The van der Waals surface area contributed by atoms with Gasteiger partial charge in [0.2, 0.25) is 0 Å². The van der Waals surface area contributed by atoms with E-state index >= 15 is 0 Å². The van der Waals surface area contributed by atoms with Gasteiger partial charge in [0.1, 0.15) is 5.75 Å². The van der Waals surface area contributed by atoms with Gasteiger partial charge in [0.25, 0.3) is 0 Å². The highest BCUT2D eigenvalue weighted by atomic mass is 32.2. The number of rotatable bonds is 7. The lowest BCUT2D eigenvalue weighted by Crippen LogP contribution is -2.24.